The summed E-state index contributed by atoms with van der Waals surface area (Å²) in [5.74, 6) is 0.477. The highest BCUT2D eigenvalue weighted by molar-refractivity contribution is 8.00. The summed E-state index contributed by atoms with van der Waals surface area (Å²) in [6.07, 6.45) is 3.63. The van der Waals surface area contributed by atoms with Gasteiger partial charge in [0.1, 0.15) is 17.5 Å². The quantitative estimate of drug-likeness (QED) is 0.144. The molecule has 2 saturated heterocycles. The smallest absolute Gasteiger partial charge is 0.411 e. The number of ether oxygens (including phenoxy) is 2. The molecule has 3 atom stereocenters. The third-order valence-electron chi connectivity index (χ3n) is 10.9. The number of methoxy groups -OCH3 is 1. The number of amides is 4. The molecule has 1 aromatic heterocycles. The van der Waals surface area contributed by atoms with Crippen molar-refractivity contribution < 1.29 is 33.4 Å². The van der Waals surface area contributed by atoms with Crippen molar-refractivity contribution in [3.8, 4) is 22.4 Å². The normalized spacial score (nSPS) is 19.1. The van der Waals surface area contributed by atoms with Crippen LogP contribution < -0.4 is 10.6 Å². The molecule has 1 aliphatic carbocycles. The lowest BCUT2D eigenvalue weighted by Crippen LogP contribution is -2.51. The van der Waals surface area contributed by atoms with Gasteiger partial charge in [-0.15, -0.1) is 11.8 Å². The first-order chi connectivity index (χ1) is 27.1. The minimum atomic E-state index is -0.743. The molecule has 0 radical (unpaired) electrons. The lowest BCUT2D eigenvalue weighted by Gasteiger charge is -2.30. The van der Waals surface area contributed by atoms with Gasteiger partial charge in [0.25, 0.3) is 5.91 Å². The number of hydrogen-bond acceptors (Lipinski definition) is 9. The van der Waals surface area contributed by atoms with Crippen LogP contribution in [-0.2, 0) is 19.1 Å². The summed E-state index contributed by atoms with van der Waals surface area (Å²) in [5.41, 5.74) is 3.67. The molecule has 3 aromatic carbocycles. The topological polar surface area (TPSA) is 163 Å². The zero-order chi connectivity index (χ0) is 40.6. The Labute approximate surface area is 336 Å². The second-order valence-electron chi connectivity index (χ2n) is 16.6. The Morgan fingerprint density at radius 3 is 2.26 bits per heavy atom. The van der Waals surface area contributed by atoms with Gasteiger partial charge in [0.15, 0.2) is 11.2 Å². The second kappa shape index (κ2) is 15.9. The van der Waals surface area contributed by atoms with E-state index in [0.29, 0.717) is 24.4 Å². The van der Waals surface area contributed by atoms with Gasteiger partial charge in [-0.05, 0) is 85.4 Å². The molecule has 14 heteroatoms. The fourth-order valence-electron chi connectivity index (χ4n) is 7.59. The lowest BCUT2D eigenvalue weighted by molar-refractivity contribution is -0.135. The fourth-order valence-corrected chi connectivity index (χ4v) is 8.73. The molecule has 0 bridgehead atoms. The summed E-state index contributed by atoms with van der Waals surface area (Å²) in [7, 11) is 1.30. The molecule has 4 aromatic rings. The molecule has 57 heavy (non-hydrogen) atoms. The van der Waals surface area contributed by atoms with E-state index in [-0.39, 0.29) is 35.6 Å². The molecule has 1 saturated carbocycles. The number of Topliss-reactive ketones (excluding diaryl/α,β-unsaturated/α-hetero) is 1. The number of aromatic nitrogens is 2. The number of nitrogens with one attached hydrogen (secondary N) is 3. The zero-order valence-corrected chi connectivity index (χ0v) is 34.0. The van der Waals surface area contributed by atoms with Crippen LogP contribution in [0.4, 0.5) is 9.59 Å². The van der Waals surface area contributed by atoms with Crippen LogP contribution in [0.25, 0.3) is 33.2 Å². The Balaban J connectivity index is 0.993. The summed E-state index contributed by atoms with van der Waals surface area (Å²) in [4.78, 5) is 76.0. The third kappa shape index (κ3) is 8.80. The zero-order valence-electron chi connectivity index (χ0n) is 33.2. The molecule has 3 N–H and O–H groups in total. The SMILES string of the molecule is COC(=O)NC(C(=O)N1CC2(CC2)CC1c1ncc(-c2ccc3cc(-c4ccc(C(=O)CNC(=O)C5SCCN5C(=O)OC(C)(C)C)cc4)ccc3c2)[nH]1)C(C)C. The molecule has 4 amide bonds. The first kappa shape index (κ1) is 39.8. The molecular weight excluding hydrogens is 745 g/mol. The number of aromatic amines is 1. The molecule has 3 fully saturated rings. The standard InChI is InChI=1S/C43H50N6O7S/c1-25(2)35(47-40(53)55-6)38(52)49-24-43(15-16-43)21-33(49)36-44-22-32(46-36)31-14-13-29-19-28(11-12-30(29)20-31)26-7-9-27(10-8-26)34(50)23-45-37(51)39-48(17-18-57-39)41(54)56-42(3,4)5/h7-14,19-20,22,25,33,35,39H,15-18,21,23-24H2,1-6H3,(H,44,46)(H,45,51)(H,47,53). The maximum Gasteiger partial charge on any atom is 0.411 e. The van der Waals surface area contributed by atoms with Crippen LogP contribution >= 0.6 is 11.8 Å². The van der Waals surface area contributed by atoms with Gasteiger partial charge in [-0.3, -0.25) is 19.3 Å². The minimum Gasteiger partial charge on any atom is -0.453 e. The van der Waals surface area contributed by atoms with E-state index in [1.165, 1.54) is 23.8 Å². The Hall–Kier alpha value is -5.37. The average Bonchev–Trinajstić information content (AvgIpc) is 3.54. The van der Waals surface area contributed by atoms with E-state index in [4.69, 9.17) is 14.5 Å². The Bertz CT molecular complexity index is 2190. The van der Waals surface area contributed by atoms with Gasteiger partial charge in [0.05, 0.1) is 31.6 Å². The number of ketones is 1. The number of rotatable bonds is 10. The maximum absolute atomic E-state index is 13.9. The van der Waals surface area contributed by atoms with E-state index in [0.717, 1.165) is 58.2 Å². The van der Waals surface area contributed by atoms with Crippen molar-refractivity contribution >= 4 is 52.3 Å². The van der Waals surface area contributed by atoms with Crippen LogP contribution in [0.3, 0.4) is 0 Å². The Kier molecular flexibility index (Phi) is 11.1. The van der Waals surface area contributed by atoms with Gasteiger partial charge in [-0.2, -0.15) is 0 Å². The van der Waals surface area contributed by atoms with Crippen molar-refractivity contribution in [2.24, 2.45) is 11.3 Å². The van der Waals surface area contributed by atoms with E-state index < -0.39 is 35.1 Å². The van der Waals surface area contributed by atoms with Crippen molar-refractivity contribution in [1.82, 2.24) is 30.4 Å². The number of benzene rings is 3. The monoisotopic (exact) mass is 794 g/mol. The van der Waals surface area contributed by atoms with Crippen LogP contribution in [0.15, 0.2) is 66.9 Å². The number of imidazole rings is 1. The van der Waals surface area contributed by atoms with E-state index in [1.54, 1.807) is 32.9 Å². The molecule has 3 unspecified atom stereocenters. The minimum absolute atomic E-state index is 0.108. The molecule has 7 rings (SSSR count). The molecule has 13 nitrogen and oxygen atoms in total. The van der Waals surface area contributed by atoms with Gasteiger partial charge < -0.3 is 30.0 Å². The van der Waals surface area contributed by atoms with E-state index in [2.05, 4.69) is 39.9 Å². The predicted octanol–water partition coefficient (Wildman–Crippen LogP) is 6.94. The van der Waals surface area contributed by atoms with Crippen molar-refractivity contribution in [3.63, 3.8) is 0 Å². The summed E-state index contributed by atoms with van der Waals surface area (Å²) < 4.78 is 10.2. The maximum atomic E-state index is 13.9. The van der Waals surface area contributed by atoms with Gasteiger partial charge in [0, 0.05) is 30.0 Å². The third-order valence-corrected chi connectivity index (χ3v) is 12.1. The van der Waals surface area contributed by atoms with Gasteiger partial charge in [-0.1, -0.05) is 62.4 Å². The van der Waals surface area contributed by atoms with Crippen LogP contribution in [0, 0.1) is 11.3 Å². The van der Waals surface area contributed by atoms with Crippen molar-refractivity contribution in [2.75, 3.05) is 32.5 Å². The highest BCUT2D eigenvalue weighted by Gasteiger charge is 2.55. The van der Waals surface area contributed by atoms with Crippen LogP contribution in [0.1, 0.15) is 76.1 Å². The first-order valence-electron chi connectivity index (χ1n) is 19.4. The molecule has 300 valence electrons. The Morgan fingerprint density at radius 1 is 0.947 bits per heavy atom. The highest BCUT2D eigenvalue weighted by Crippen LogP contribution is 2.58. The number of fused-ring (bicyclic) bond motifs is 1. The van der Waals surface area contributed by atoms with Crippen LogP contribution in [0.5, 0.6) is 0 Å². The number of nitrogens with zero attached hydrogens (tertiary/aromatic N) is 3. The molecule has 3 aliphatic rings. The van der Waals surface area contributed by atoms with E-state index >= 15 is 0 Å². The van der Waals surface area contributed by atoms with Crippen LogP contribution in [0.2, 0.25) is 0 Å². The second-order valence-corrected chi connectivity index (χ2v) is 17.8. The number of carbonyl (C=O) groups excluding carboxylic acids is 5. The van der Waals surface area contributed by atoms with Gasteiger partial charge in [-0.25, -0.2) is 14.6 Å². The summed E-state index contributed by atoms with van der Waals surface area (Å²) >= 11 is 1.34. The number of likely N-dealkylation sites (tertiary alicyclic amines) is 1. The fraction of sp³-hybridized carbons (Fsp3) is 0.442. The van der Waals surface area contributed by atoms with Crippen molar-refractivity contribution in [1.29, 1.82) is 0 Å². The number of hydrogen-bond donors (Lipinski definition) is 3. The summed E-state index contributed by atoms with van der Waals surface area (Å²) in [6.45, 7) is 10.0. The Morgan fingerprint density at radius 2 is 1.61 bits per heavy atom. The van der Waals surface area contributed by atoms with Gasteiger partial charge >= 0.3 is 12.2 Å². The number of alkyl carbamates (subject to hydrolysis) is 1. The summed E-state index contributed by atoms with van der Waals surface area (Å²) in [5, 5.41) is 6.78. The largest absolute Gasteiger partial charge is 0.453 e. The molecule has 2 aliphatic heterocycles. The predicted molar refractivity (Wildman–Crippen MR) is 218 cm³/mol. The summed E-state index contributed by atoms with van der Waals surface area (Å²) in [6, 6.07) is 18.8. The average molecular weight is 795 g/mol. The van der Waals surface area contributed by atoms with Crippen molar-refractivity contribution in [3.05, 3.63) is 78.2 Å². The molecular formula is C43H50N6O7S. The van der Waals surface area contributed by atoms with E-state index in [1.807, 2.05) is 49.2 Å². The van der Waals surface area contributed by atoms with E-state index in [9.17, 15) is 24.0 Å². The van der Waals surface area contributed by atoms with Crippen molar-refractivity contribution in [2.45, 2.75) is 76.9 Å². The molecule has 1 spiro atoms. The van der Waals surface area contributed by atoms with Crippen LogP contribution in [-0.4, -0.2) is 99.1 Å². The van der Waals surface area contributed by atoms with Gasteiger partial charge in [0.2, 0.25) is 5.91 Å². The first-order valence-corrected chi connectivity index (χ1v) is 20.5. The number of thioether (sulfide) groups is 1. The highest BCUT2D eigenvalue weighted by atomic mass is 32.2. The number of carbonyl (C=O) groups is 5. The lowest BCUT2D eigenvalue weighted by atomic mass is 9.98. The molecule has 3 heterocycles. The number of H-pyrrole nitrogens is 1.